The molecule has 0 fully saturated rings. The van der Waals surface area contributed by atoms with Crippen LogP contribution in [0.3, 0.4) is 0 Å². The minimum absolute atomic E-state index is 0.166. The first-order chi connectivity index (χ1) is 14.3. The maximum atomic E-state index is 13.0. The van der Waals surface area contributed by atoms with Gasteiger partial charge in [0.2, 0.25) is 0 Å². The molecule has 0 aromatic carbocycles. The van der Waals surface area contributed by atoms with Crippen molar-refractivity contribution >= 4 is 10.9 Å². The van der Waals surface area contributed by atoms with Crippen LogP contribution < -0.4 is 5.56 Å². The molecule has 0 saturated carbocycles. The monoisotopic (exact) mass is 416 g/mol. The molecule has 2 N–H and O–H groups in total. The summed E-state index contributed by atoms with van der Waals surface area (Å²) in [5.41, 5.74) is 0.260. The van der Waals surface area contributed by atoms with Crippen LogP contribution in [0.5, 0.6) is 0 Å². The number of alkyl halides is 3. The maximum absolute atomic E-state index is 13.0. The van der Waals surface area contributed by atoms with Gasteiger partial charge >= 0.3 is 6.18 Å². The number of halogens is 3. The molecule has 0 aliphatic heterocycles. The van der Waals surface area contributed by atoms with E-state index in [-0.39, 0.29) is 23.4 Å². The molecule has 1 atom stereocenters. The highest BCUT2D eigenvalue weighted by Gasteiger charge is 2.30. The number of nitrogens with one attached hydrogen (secondary N) is 1. The van der Waals surface area contributed by atoms with Crippen molar-refractivity contribution < 1.29 is 18.3 Å². The molecule has 0 amide bonds. The molecule has 0 radical (unpaired) electrons. The van der Waals surface area contributed by atoms with E-state index >= 15 is 0 Å². The number of aliphatic hydroxyl groups is 1. The highest BCUT2D eigenvalue weighted by Crippen LogP contribution is 2.31. The molecule has 0 aliphatic rings. The standard InChI is InChI=1S/C19H15F3N6O2/c1-10(8-29)28-9-24-17-13(18(28)30)4-15(27-16(17)11-5-25-26-6-11)14-3-2-12(7-23-14)19(20,21)22/h2-7,9-10,29H,8H2,1H3,(H,25,26). The van der Waals surface area contributed by atoms with Gasteiger partial charge in [0, 0.05) is 18.0 Å². The molecule has 0 bridgehead atoms. The predicted molar refractivity (Wildman–Crippen MR) is 101 cm³/mol. The number of H-pyrrole nitrogens is 1. The topological polar surface area (TPSA) is 110 Å². The SMILES string of the molecule is CC(CO)n1cnc2c(-c3cn[nH]c3)nc(-c3ccc(C(F)(F)F)cn3)cc2c1=O. The van der Waals surface area contributed by atoms with E-state index in [1.165, 1.54) is 29.2 Å². The first-order valence-corrected chi connectivity index (χ1v) is 8.85. The zero-order chi connectivity index (χ0) is 21.5. The molecule has 4 heterocycles. The van der Waals surface area contributed by atoms with E-state index in [0.717, 1.165) is 6.07 Å². The first kappa shape index (κ1) is 19.7. The Morgan fingerprint density at radius 1 is 1.20 bits per heavy atom. The third kappa shape index (κ3) is 3.43. The van der Waals surface area contributed by atoms with Gasteiger partial charge in [-0.2, -0.15) is 18.3 Å². The second-order valence-corrected chi connectivity index (χ2v) is 6.66. The molecular weight excluding hydrogens is 401 g/mol. The Bertz CT molecular complexity index is 1250. The van der Waals surface area contributed by atoms with Gasteiger partial charge in [-0.15, -0.1) is 0 Å². The lowest BCUT2D eigenvalue weighted by Crippen LogP contribution is -2.25. The summed E-state index contributed by atoms with van der Waals surface area (Å²) in [4.78, 5) is 25.7. The molecule has 154 valence electrons. The Kier molecular flexibility index (Phi) is 4.82. The highest BCUT2D eigenvalue weighted by molar-refractivity contribution is 5.93. The zero-order valence-corrected chi connectivity index (χ0v) is 15.6. The normalized spacial score (nSPS) is 13.0. The zero-order valence-electron chi connectivity index (χ0n) is 15.6. The molecule has 4 aromatic heterocycles. The van der Waals surface area contributed by atoms with E-state index in [2.05, 4.69) is 25.1 Å². The summed E-state index contributed by atoms with van der Waals surface area (Å²) >= 11 is 0. The van der Waals surface area contributed by atoms with Gasteiger partial charge in [-0.05, 0) is 25.1 Å². The Hall–Kier alpha value is -3.60. The van der Waals surface area contributed by atoms with Crippen molar-refractivity contribution in [2.75, 3.05) is 6.61 Å². The first-order valence-electron chi connectivity index (χ1n) is 8.85. The van der Waals surface area contributed by atoms with Crippen LogP contribution in [-0.2, 0) is 6.18 Å². The van der Waals surface area contributed by atoms with Crippen molar-refractivity contribution in [1.29, 1.82) is 0 Å². The van der Waals surface area contributed by atoms with Crippen LogP contribution in [0.2, 0.25) is 0 Å². The predicted octanol–water partition coefficient (Wildman–Crippen LogP) is 2.82. The Labute approximate surface area is 167 Å². The molecular formula is C19H15F3N6O2. The molecule has 8 nitrogen and oxygen atoms in total. The highest BCUT2D eigenvalue weighted by atomic mass is 19.4. The molecule has 0 saturated heterocycles. The van der Waals surface area contributed by atoms with Gasteiger partial charge in [0.25, 0.3) is 5.56 Å². The van der Waals surface area contributed by atoms with Crippen LogP contribution in [0.15, 0.2) is 47.9 Å². The average Bonchev–Trinajstić information content (AvgIpc) is 3.27. The van der Waals surface area contributed by atoms with Crippen LogP contribution in [-0.4, -0.2) is 41.4 Å². The van der Waals surface area contributed by atoms with Gasteiger partial charge in [-0.3, -0.25) is 19.4 Å². The summed E-state index contributed by atoms with van der Waals surface area (Å²) in [7, 11) is 0. The van der Waals surface area contributed by atoms with Gasteiger partial charge in [-0.1, -0.05) is 0 Å². The smallest absolute Gasteiger partial charge is 0.394 e. The summed E-state index contributed by atoms with van der Waals surface area (Å²) in [6, 6.07) is 3.03. The van der Waals surface area contributed by atoms with Gasteiger partial charge in [-0.25, -0.2) is 9.97 Å². The van der Waals surface area contributed by atoms with Gasteiger partial charge in [0.05, 0.1) is 47.5 Å². The quantitative estimate of drug-likeness (QED) is 0.530. The molecule has 0 aliphatic carbocycles. The lowest BCUT2D eigenvalue weighted by Gasteiger charge is -2.14. The Balaban J connectivity index is 1.96. The number of aromatic nitrogens is 6. The van der Waals surface area contributed by atoms with Crippen molar-refractivity contribution in [2.24, 2.45) is 0 Å². The van der Waals surface area contributed by atoms with Crippen LogP contribution in [0.4, 0.5) is 13.2 Å². The van der Waals surface area contributed by atoms with Crippen molar-refractivity contribution in [1.82, 2.24) is 29.7 Å². The molecule has 11 heteroatoms. The van der Waals surface area contributed by atoms with Crippen molar-refractivity contribution in [2.45, 2.75) is 19.1 Å². The van der Waals surface area contributed by atoms with Crippen LogP contribution in [0, 0.1) is 0 Å². The fraction of sp³-hybridized carbons (Fsp3) is 0.211. The average molecular weight is 416 g/mol. The third-order valence-electron chi connectivity index (χ3n) is 4.63. The van der Waals surface area contributed by atoms with Crippen molar-refractivity contribution in [3.05, 3.63) is 59.0 Å². The van der Waals surface area contributed by atoms with E-state index in [1.807, 2.05) is 0 Å². The molecule has 4 aromatic rings. The molecule has 4 rings (SSSR count). The number of aromatic amines is 1. The van der Waals surface area contributed by atoms with E-state index in [1.54, 1.807) is 13.1 Å². The van der Waals surface area contributed by atoms with Gasteiger partial charge in [0.15, 0.2) is 0 Å². The number of hydrogen-bond donors (Lipinski definition) is 2. The van der Waals surface area contributed by atoms with E-state index < -0.39 is 23.3 Å². The van der Waals surface area contributed by atoms with E-state index in [0.29, 0.717) is 23.0 Å². The van der Waals surface area contributed by atoms with Crippen molar-refractivity contribution in [3.8, 4) is 22.6 Å². The summed E-state index contributed by atoms with van der Waals surface area (Å²) < 4.78 is 39.8. The third-order valence-corrected chi connectivity index (χ3v) is 4.63. The number of hydrogen-bond acceptors (Lipinski definition) is 6. The van der Waals surface area contributed by atoms with E-state index in [9.17, 15) is 23.1 Å². The largest absolute Gasteiger partial charge is 0.417 e. The lowest BCUT2D eigenvalue weighted by molar-refractivity contribution is -0.137. The number of pyridine rings is 2. The lowest BCUT2D eigenvalue weighted by atomic mass is 10.1. The second-order valence-electron chi connectivity index (χ2n) is 6.66. The summed E-state index contributed by atoms with van der Waals surface area (Å²) in [6.07, 6.45) is 0.591. The van der Waals surface area contributed by atoms with Crippen LogP contribution >= 0.6 is 0 Å². The fourth-order valence-corrected chi connectivity index (χ4v) is 2.97. The van der Waals surface area contributed by atoms with E-state index in [4.69, 9.17) is 0 Å². The Morgan fingerprint density at radius 2 is 2.00 bits per heavy atom. The summed E-state index contributed by atoms with van der Waals surface area (Å²) in [5.74, 6) is 0. The van der Waals surface area contributed by atoms with Crippen molar-refractivity contribution in [3.63, 3.8) is 0 Å². The number of aliphatic hydroxyl groups excluding tert-OH is 1. The van der Waals surface area contributed by atoms with Crippen LogP contribution in [0.25, 0.3) is 33.5 Å². The molecule has 30 heavy (non-hydrogen) atoms. The minimum atomic E-state index is -4.51. The second kappa shape index (κ2) is 7.34. The summed E-state index contributed by atoms with van der Waals surface area (Å²) in [6.45, 7) is 1.39. The number of nitrogens with zero attached hydrogens (tertiary/aromatic N) is 5. The molecule has 0 spiro atoms. The number of rotatable bonds is 4. The minimum Gasteiger partial charge on any atom is -0.394 e. The Morgan fingerprint density at radius 3 is 2.60 bits per heavy atom. The fourth-order valence-electron chi connectivity index (χ4n) is 2.97. The number of fused-ring (bicyclic) bond motifs is 1. The van der Waals surface area contributed by atoms with Crippen LogP contribution in [0.1, 0.15) is 18.5 Å². The molecule has 1 unspecified atom stereocenters. The summed E-state index contributed by atoms with van der Waals surface area (Å²) in [5, 5.41) is 16.1. The maximum Gasteiger partial charge on any atom is 0.417 e. The van der Waals surface area contributed by atoms with Gasteiger partial charge in [0.1, 0.15) is 11.2 Å². The van der Waals surface area contributed by atoms with Gasteiger partial charge < -0.3 is 5.11 Å².